The zero-order chi connectivity index (χ0) is 13.2. The summed E-state index contributed by atoms with van der Waals surface area (Å²) in [4.78, 5) is 0. The molecule has 1 fully saturated rings. The number of rotatable bonds is 5. The Bertz CT molecular complexity index is 533. The SMILES string of the molecule is C[C@@H](NS(=O)(=O)/C=C/c1ccc(Cl)cc1)C1CC1. The third-order valence-electron chi connectivity index (χ3n) is 2.99. The van der Waals surface area contributed by atoms with E-state index in [0.29, 0.717) is 10.9 Å². The van der Waals surface area contributed by atoms with Crippen LogP contribution in [0.5, 0.6) is 0 Å². The van der Waals surface area contributed by atoms with Crippen molar-refractivity contribution in [2.45, 2.75) is 25.8 Å². The Hall–Kier alpha value is -0.840. The lowest BCUT2D eigenvalue weighted by Gasteiger charge is -2.10. The lowest BCUT2D eigenvalue weighted by Crippen LogP contribution is -2.32. The van der Waals surface area contributed by atoms with E-state index in [9.17, 15) is 8.42 Å². The number of hydrogen-bond acceptors (Lipinski definition) is 2. The van der Waals surface area contributed by atoms with Crippen molar-refractivity contribution in [3.8, 4) is 0 Å². The van der Waals surface area contributed by atoms with Gasteiger partial charge in [-0.25, -0.2) is 13.1 Å². The fourth-order valence-electron chi connectivity index (χ4n) is 1.73. The van der Waals surface area contributed by atoms with Gasteiger partial charge in [-0.3, -0.25) is 0 Å². The van der Waals surface area contributed by atoms with Crippen molar-refractivity contribution in [2.75, 3.05) is 0 Å². The summed E-state index contributed by atoms with van der Waals surface area (Å²) in [5, 5.41) is 1.84. The van der Waals surface area contributed by atoms with Gasteiger partial charge in [0.1, 0.15) is 0 Å². The Morgan fingerprint density at radius 2 is 1.94 bits per heavy atom. The molecular weight excluding hydrogens is 270 g/mol. The van der Waals surface area contributed by atoms with Crippen LogP contribution in [0.3, 0.4) is 0 Å². The first-order valence-electron chi connectivity index (χ1n) is 5.92. The molecule has 1 aromatic rings. The fraction of sp³-hybridized carbons (Fsp3) is 0.385. The van der Waals surface area contributed by atoms with Crippen LogP contribution in [0.25, 0.3) is 6.08 Å². The molecule has 98 valence electrons. The minimum atomic E-state index is -3.36. The summed E-state index contributed by atoms with van der Waals surface area (Å²) in [6.45, 7) is 1.91. The summed E-state index contributed by atoms with van der Waals surface area (Å²) in [6.07, 6.45) is 3.80. The van der Waals surface area contributed by atoms with Crippen molar-refractivity contribution in [1.82, 2.24) is 4.72 Å². The average molecular weight is 286 g/mol. The van der Waals surface area contributed by atoms with E-state index < -0.39 is 10.0 Å². The lowest BCUT2D eigenvalue weighted by molar-refractivity contribution is 0.545. The van der Waals surface area contributed by atoms with Crippen molar-refractivity contribution in [3.05, 3.63) is 40.3 Å². The van der Waals surface area contributed by atoms with E-state index in [1.807, 2.05) is 6.92 Å². The van der Waals surface area contributed by atoms with Crippen LogP contribution in [0.1, 0.15) is 25.3 Å². The van der Waals surface area contributed by atoms with Crippen LogP contribution in [0, 0.1) is 5.92 Å². The van der Waals surface area contributed by atoms with Crippen LogP contribution in [0.15, 0.2) is 29.7 Å². The van der Waals surface area contributed by atoms with Crippen LogP contribution >= 0.6 is 11.6 Å². The molecule has 0 spiro atoms. The molecule has 1 aliphatic carbocycles. The van der Waals surface area contributed by atoms with E-state index in [1.54, 1.807) is 30.3 Å². The Kier molecular flexibility index (Phi) is 4.10. The smallest absolute Gasteiger partial charge is 0.209 e. The summed E-state index contributed by atoms with van der Waals surface area (Å²) in [5.74, 6) is 0.503. The molecule has 1 saturated carbocycles. The fourth-order valence-corrected chi connectivity index (χ4v) is 2.98. The van der Waals surface area contributed by atoms with Crippen LogP contribution in [-0.4, -0.2) is 14.5 Å². The van der Waals surface area contributed by atoms with Crippen molar-refractivity contribution in [3.63, 3.8) is 0 Å². The van der Waals surface area contributed by atoms with Crippen LogP contribution in [0.4, 0.5) is 0 Å². The number of hydrogen-bond donors (Lipinski definition) is 1. The molecule has 0 heterocycles. The second-order valence-electron chi connectivity index (χ2n) is 4.64. The van der Waals surface area contributed by atoms with Gasteiger partial charge in [0.2, 0.25) is 10.0 Å². The topological polar surface area (TPSA) is 46.2 Å². The zero-order valence-electron chi connectivity index (χ0n) is 10.1. The molecule has 18 heavy (non-hydrogen) atoms. The molecule has 0 bridgehead atoms. The number of nitrogens with one attached hydrogen (secondary N) is 1. The molecule has 0 amide bonds. The van der Waals surface area contributed by atoms with Gasteiger partial charge in [-0.15, -0.1) is 0 Å². The number of sulfonamides is 1. The third-order valence-corrected chi connectivity index (χ3v) is 4.44. The van der Waals surface area contributed by atoms with Crippen molar-refractivity contribution in [2.24, 2.45) is 5.92 Å². The summed E-state index contributed by atoms with van der Waals surface area (Å²) in [5.41, 5.74) is 0.809. The predicted octanol–water partition coefficient (Wildman–Crippen LogP) is 3.03. The first-order chi connectivity index (χ1) is 8.46. The van der Waals surface area contributed by atoms with Crippen molar-refractivity contribution < 1.29 is 8.42 Å². The Balaban J connectivity index is 2.00. The number of halogens is 1. The van der Waals surface area contributed by atoms with Gasteiger partial charge < -0.3 is 0 Å². The Labute approximate surface area is 113 Å². The molecular formula is C13H16ClNO2S. The molecule has 0 aliphatic heterocycles. The molecule has 2 rings (SSSR count). The van der Waals surface area contributed by atoms with Crippen LogP contribution < -0.4 is 4.72 Å². The van der Waals surface area contributed by atoms with Gasteiger partial charge in [-0.1, -0.05) is 23.7 Å². The maximum absolute atomic E-state index is 11.8. The number of benzene rings is 1. The van der Waals surface area contributed by atoms with Gasteiger partial charge in [0.05, 0.1) is 0 Å². The quantitative estimate of drug-likeness (QED) is 0.904. The van der Waals surface area contributed by atoms with Crippen molar-refractivity contribution in [1.29, 1.82) is 0 Å². The monoisotopic (exact) mass is 285 g/mol. The summed E-state index contributed by atoms with van der Waals surface area (Å²) >= 11 is 5.76. The highest BCUT2D eigenvalue weighted by molar-refractivity contribution is 7.92. The Morgan fingerprint density at radius 1 is 1.33 bits per heavy atom. The normalized spacial score (nSPS) is 18.1. The largest absolute Gasteiger partial charge is 0.233 e. The minimum absolute atomic E-state index is 0.0184. The Morgan fingerprint density at radius 3 is 2.50 bits per heavy atom. The molecule has 0 saturated heterocycles. The van der Waals surface area contributed by atoms with E-state index in [-0.39, 0.29) is 6.04 Å². The standard InChI is InChI=1S/C13H16ClNO2S/c1-10(12-4-5-12)15-18(16,17)9-8-11-2-6-13(14)7-3-11/h2-3,6-10,12,15H,4-5H2,1H3/b9-8+/t10-/m1/s1. The summed E-state index contributed by atoms with van der Waals surface area (Å²) in [6, 6.07) is 7.03. The second kappa shape index (κ2) is 5.43. The van der Waals surface area contributed by atoms with E-state index in [1.165, 1.54) is 5.41 Å². The van der Waals surface area contributed by atoms with Gasteiger partial charge >= 0.3 is 0 Å². The first kappa shape index (κ1) is 13.6. The van der Waals surface area contributed by atoms with Gasteiger partial charge in [-0.05, 0) is 49.5 Å². The lowest BCUT2D eigenvalue weighted by atomic mass is 10.2. The summed E-state index contributed by atoms with van der Waals surface area (Å²) in [7, 11) is -3.36. The summed E-state index contributed by atoms with van der Waals surface area (Å²) < 4.78 is 26.2. The van der Waals surface area contributed by atoms with E-state index in [4.69, 9.17) is 11.6 Å². The van der Waals surface area contributed by atoms with E-state index >= 15 is 0 Å². The van der Waals surface area contributed by atoms with Crippen LogP contribution in [0.2, 0.25) is 5.02 Å². The molecule has 3 nitrogen and oxygen atoms in total. The highest BCUT2D eigenvalue weighted by Crippen LogP contribution is 2.32. The molecule has 1 N–H and O–H groups in total. The van der Waals surface area contributed by atoms with E-state index in [0.717, 1.165) is 18.4 Å². The molecule has 5 heteroatoms. The third kappa shape index (κ3) is 4.12. The molecule has 1 aromatic carbocycles. The molecule has 1 atom stereocenters. The van der Waals surface area contributed by atoms with Crippen LogP contribution in [-0.2, 0) is 10.0 Å². The predicted molar refractivity (Wildman–Crippen MR) is 74.7 cm³/mol. The zero-order valence-corrected chi connectivity index (χ0v) is 11.7. The van der Waals surface area contributed by atoms with E-state index in [2.05, 4.69) is 4.72 Å². The molecule has 0 unspecified atom stereocenters. The van der Waals surface area contributed by atoms with Crippen molar-refractivity contribution >= 4 is 27.7 Å². The van der Waals surface area contributed by atoms with Gasteiger partial charge in [-0.2, -0.15) is 0 Å². The molecule has 0 radical (unpaired) electrons. The van der Waals surface area contributed by atoms with Gasteiger partial charge in [0, 0.05) is 16.5 Å². The minimum Gasteiger partial charge on any atom is -0.209 e. The highest BCUT2D eigenvalue weighted by atomic mass is 35.5. The maximum atomic E-state index is 11.8. The maximum Gasteiger partial charge on any atom is 0.233 e. The first-order valence-corrected chi connectivity index (χ1v) is 7.85. The highest BCUT2D eigenvalue weighted by Gasteiger charge is 2.29. The second-order valence-corrected chi connectivity index (χ2v) is 6.68. The van der Waals surface area contributed by atoms with Gasteiger partial charge in [0.15, 0.2) is 0 Å². The molecule has 1 aliphatic rings. The van der Waals surface area contributed by atoms with Gasteiger partial charge in [0.25, 0.3) is 0 Å². The molecule has 0 aromatic heterocycles. The average Bonchev–Trinajstić information content (AvgIpc) is 3.11.